The summed E-state index contributed by atoms with van der Waals surface area (Å²) in [6.07, 6.45) is 3.77. The Morgan fingerprint density at radius 2 is 0.628 bits per heavy atom. The lowest BCUT2D eigenvalue weighted by Gasteiger charge is -2.53. The number of alkyl halides is 1. The Hall–Kier alpha value is -2.32. The standard InChI is InChI=1S/C19H41NO6Si.C17H39NO5Si.C10H22O3.3C2H4O2.4C2H6.CH3F/c1-9-17(6,22)19(8,18(7,23)10-2)26-27(24-11-3,25-12-4)15-13-14-20-16(5)21;1-8-15(5,19)17(7,16(6,20)9-2)23-24(21-10-3,22-11-4)14-12-13-18;1-6-8(3,11)10(5,13)9(4,12)7-2;3*1-2(3)4;5*1-2/h22-23H,9-15H2,1-8H3,(H,20,21);19-20H,8-14,18H2,1-7H3;11-13H,6-7H2,1-5H3;3*1H3,(H,3,4);4*1-2H3;1H3/i;;;;;;;;;;1D. The van der Waals surface area contributed by atoms with E-state index in [2.05, 4.69) is 5.32 Å². The summed E-state index contributed by atoms with van der Waals surface area (Å²) in [4.78, 5) is 38.1. The summed E-state index contributed by atoms with van der Waals surface area (Å²) < 4.78 is 52.4. The van der Waals surface area contributed by atoms with Crippen LogP contribution in [-0.2, 0) is 45.7 Å². The number of hydrogen-bond acceptors (Lipinski definition) is 18. The molecule has 0 aromatic carbocycles. The minimum atomic E-state index is -3.23. The molecule has 0 saturated carbocycles. The summed E-state index contributed by atoms with van der Waals surface area (Å²) in [5.74, 6) is -2.59. The molecular weight excluding hydrogens is 1160 g/mol. The number of nitrogens with one attached hydrogen (secondary N) is 1. The topological polar surface area (TPSA) is 364 Å². The summed E-state index contributed by atoms with van der Waals surface area (Å²) in [5.41, 5.74) is -5.99. The van der Waals surface area contributed by atoms with Crippen molar-refractivity contribution < 1.29 is 103 Å². The van der Waals surface area contributed by atoms with Crippen LogP contribution in [0.3, 0.4) is 0 Å². The number of rotatable bonds is 31. The van der Waals surface area contributed by atoms with E-state index in [4.69, 9.17) is 63.4 Å². The Labute approximate surface area is 528 Å². The maximum Gasteiger partial charge on any atom is 0.501 e. The van der Waals surface area contributed by atoms with Gasteiger partial charge in [-0.15, -0.1) is 0 Å². The first-order valence-corrected chi connectivity index (χ1v) is 34.9. The minimum Gasteiger partial charge on any atom is -0.481 e. The van der Waals surface area contributed by atoms with Gasteiger partial charge in [-0.25, -0.2) is 0 Å². The third-order valence-corrected chi connectivity index (χ3v) is 20.5. The highest BCUT2D eigenvalue weighted by Gasteiger charge is 2.62. The van der Waals surface area contributed by atoms with Crippen molar-refractivity contribution >= 4 is 41.4 Å². The molecule has 530 valence electrons. The van der Waals surface area contributed by atoms with Gasteiger partial charge in [0, 0.05) is 72.8 Å². The Bertz CT molecular complexity index is 1510. The number of nitrogens with two attached hydrogens (primary N) is 1. The van der Waals surface area contributed by atoms with Gasteiger partial charge in [0.2, 0.25) is 5.91 Å². The summed E-state index contributed by atoms with van der Waals surface area (Å²) in [6, 6.07) is 1.03. The van der Waals surface area contributed by atoms with E-state index in [1.807, 2.05) is 111 Å². The molecule has 25 heteroatoms. The van der Waals surface area contributed by atoms with Crippen molar-refractivity contribution in [2.45, 2.75) is 329 Å². The summed E-state index contributed by atoms with van der Waals surface area (Å²) in [5, 5.41) is 99.2. The number of carboxylic acids is 3. The SMILES string of the molecule is CC.CC.CC.CC.CC(=O)O.CC(=O)O.CC(=O)O.CCC(C)(O)C(C)(O)C(C)(O)CC.CCO[Si](CCCN)(OCC)OC(C)(C(C)(O)CC)C(C)(O)CC.CCO[Si](CCCNC(C)=O)(OCC)OC(C)(C(C)(O)CC)C(C)(O)CC.[2H]CF. The normalized spacial score (nSPS) is 16.9. The number of aliphatic hydroxyl groups is 7. The molecule has 6 unspecified atom stereocenters. The maximum absolute atomic E-state index is 11.1. The fourth-order valence-electron chi connectivity index (χ4n) is 7.20. The van der Waals surface area contributed by atoms with Crippen molar-refractivity contribution in [3.8, 4) is 0 Å². The van der Waals surface area contributed by atoms with E-state index in [0.29, 0.717) is 103 Å². The summed E-state index contributed by atoms with van der Waals surface area (Å²) in [6.45, 7) is 56.7. The second kappa shape index (κ2) is 56.7. The number of hydrogen-bond donors (Lipinski definition) is 12. The van der Waals surface area contributed by atoms with E-state index in [1.165, 1.54) is 27.7 Å². The molecule has 1 amide bonds. The van der Waals surface area contributed by atoms with Gasteiger partial charge in [0.1, 0.15) is 16.8 Å². The van der Waals surface area contributed by atoms with Crippen molar-refractivity contribution in [2.75, 3.05) is 46.7 Å². The molecule has 0 bridgehead atoms. The molecule has 0 rings (SSSR count). The zero-order chi connectivity index (χ0) is 72.8. The quantitative estimate of drug-likeness (QED) is 0.0227. The van der Waals surface area contributed by atoms with Crippen molar-refractivity contribution in [1.29, 1.82) is 0 Å². The minimum absolute atomic E-state index is 0.0938. The van der Waals surface area contributed by atoms with Crippen molar-refractivity contribution in [3.63, 3.8) is 0 Å². The smallest absolute Gasteiger partial charge is 0.481 e. The van der Waals surface area contributed by atoms with Gasteiger partial charge in [0.25, 0.3) is 17.9 Å². The van der Waals surface area contributed by atoms with Gasteiger partial charge < -0.3 is 88.7 Å². The van der Waals surface area contributed by atoms with Crippen LogP contribution in [0, 0.1) is 0 Å². The number of carbonyl (C=O) groups is 4. The highest BCUT2D eigenvalue weighted by atomic mass is 28.4. The fourth-order valence-corrected chi connectivity index (χ4v) is 13.5. The van der Waals surface area contributed by atoms with E-state index in [9.17, 15) is 44.9 Å². The number of aliphatic carboxylic acids is 3. The van der Waals surface area contributed by atoms with E-state index < -0.39 is 93.1 Å². The van der Waals surface area contributed by atoms with Gasteiger partial charge in [-0.05, 0) is 148 Å². The van der Waals surface area contributed by atoms with Gasteiger partial charge in [-0.3, -0.25) is 23.6 Å². The average molecular weight is 1300 g/mol. The van der Waals surface area contributed by atoms with Crippen LogP contribution in [-0.4, -0.2) is 190 Å². The fraction of sp³-hybridized carbons (Fsp3) is 0.934. The first-order valence-electron chi connectivity index (χ1n) is 31.7. The summed E-state index contributed by atoms with van der Waals surface area (Å²) >= 11 is 0. The van der Waals surface area contributed by atoms with Gasteiger partial charge in [0.15, 0.2) is 0 Å². The molecule has 22 nitrogen and oxygen atoms in total. The lowest BCUT2D eigenvalue weighted by molar-refractivity contribution is -0.232. The summed E-state index contributed by atoms with van der Waals surface area (Å²) in [7, 11) is -7.33. The van der Waals surface area contributed by atoms with Crippen LogP contribution in [0.2, 0.25) is 12.1 Å². The van der Waals surface area contributed by atoms with Crippen molar-refractivity contribution in [1.82, 2.24) is 5.32 Å². The third-order valence-electron chi connectivity index (χ3n) is 14.2. The molecule has 0 heterocycles. The van der Waals surface area contributed by atoms with Crippen LogP contribution in [0.15, 0.2) is 0 Å². The van der Waals surface area contributed by atoms with E-state index in [1.54, 1.807) is 55.4 Å². The predicted octanol–water partition coefficient (Wildman–Crippen LogP) is 11.1. The molecule has 0 spiro atoms. The first kappa shape index (κ1) is 105. The zero-order valence-electron chi connectivity index (χ0n) is 61.5. The molecule has 0 aliphatic rings. The zero-order valence-corrected chi connectivity index (χ0v) is 62.5. The van der Waals surface area contributed by atoms with Gasteiger partial charge in [-0.1, -0.05) is 96.9 Å². The molecule has 0 aliphatic carbocycles. The maximum atomic E-state index is 11.1. The van der Waals surface area contributed by atoms with E-state index in [0.717, 1.165) is 20.8 Å². The molecular formula is C61H141FN2O20Si2. The number of halogens is 1. The van der Waals surface area contributed by atoms with Crippen LogP contribution in [0.4, 0.5) is 4.39 Å². The lowest BCUT2D eigenvalue weighted by atomic mass is 9.71. The number of carboxylic acid groups (broad SMARTS) is 3. The van der Waals surface area contributed by atoms with Crippen LogP contribution >= 0.6 is 0 Å². The van der Waals surface area contributed by atoms with Crippen LogP contribution < -0.4 is 11.1 Å². The van der Waals surface area contributed by atoms with E-state index >= 15 is 0 Å². The molecule has 0 aliphatic heterocycles. The molecule has 13 N–H and O–H groups in total. The Kier molecular flexibility index (Phi) is 69.4. The van der Waals surface area contributed by atoms with Crippen LogP contribution in [0.1, 0.15) is 267 Å². The second-order valence-corrected chi connectivity index (χ2v) is 25.5. The molecule has 0 aromatic rings. The highest BCUT2D eigenvalue weighted by Crippen LogP contribution is 2.45. The second-order valence-electron chi connectivity index (χ2n) is 20.2. The Balaban J connectivity index is -0.0000000963. The van der Waals surface area contributed by atoms with Gasteiger partial charge in [-0.2, -0.15) is 0 Å². The monoisotopic (exact) mass is 1300 g/mol. The molecule has 0 aromatic heterocycles. The lowest BCUT2D eigenvalue weighted by Crippen LogP contribution is -2.69. The average Bonchev–Trinajstić information content (AvgIpc) is 3.43. The number of amides is 1. The molecule has 0 fully saturated rings. The molecule has 86 heavy (non-hydrogen) atoms. The Morgan fingerprint density at radius 1 is 0.442 bits per heavy atom. The molecule has 0 radical (unpaired) electrons. The third kappa shape index (κ3) is 43.4. The van der Waals surface area contributed by atoms with Crippen molar-refractivity contribution in [2.24, 2.45) is 5.73 Å². The highest BCUT2D eigenvalue weighted by molar-refractivity contribution is 6.61. The van der Waals surface area contributed by atoms with Gasteiger partial charge >= 0.3 is 17.6 Å². The predicted molar refractivity (Wildman–Crippen MR) is 352 cm³/mol. The van der Waals surface area contributed by atoms with Crippen LogP contribution in [0.5, 0.6) is 0 Å². The molecule has 6 atom stereocenters. The number of carbonyl (C=O) groups excluding carboxylic acids is 1. The van der Waals surface area contributed by atoms with Crippen molar-refractivity contribution in [3.05, 3.63) is 0 Å². The van der Waals surface area contributed by atoms with E-state index in [-0.39, 0.29) is 5.91 Å². The van der Waals surface area contributed by atoms with Crippen LogP contribution in [0.25, 0.3) is 0 Å². The first-order chi connectivity index (χ1) is 39.6. The van der Waals surface area contributed by atoms with Gasteiger partial charge in [0.05, 0.1) is 42.1 Å². The largest absolute Gasteiger partial charge is 0.501 e. The Morgan fingerprint density at radius 3 is 0.779 bits per heavy atom. The molecule has 0 saturated heterocycles.